The van der Waals surface area contributed by atoms with E-state index in [4.69, 9.17) is 9.47 Å². The summed E-state index contributed by atoms with van der Waals surface area (Å²) in [6.07, 6.45) is 1.29. The Labute approximate surface area is 124 Å². The Hall–Kier alpha value is -2.41. The number of anilines is 1. The average molecular weight is 304 g/mol. The molecule has 1 aromatic carbocycles. The first kappa shape index (κ1) is 13.6. The Bertz CT molecular complexity index is 741. The number of hydrogen-bond donors (Lipinski definition) is 1. The molecule has 2 aromatic rings. The highest BCUT2D eigenvalue weighted by atomic mass is 32.1. The highest BCUT2D eigenvalue weighted by molar-refractivity contribution is 7.04. The Morgan fingerprint density at radius 1 is 1.24 bits per heavy atom. The molecule has 0 spiro atoms. The fourth-order valence-electron chi connectivity index (χ4n) is 1.90. The molecule has 1 aromatic heterocycles. The predicted molar refractivity (Wildman–Crippen MR) is 77.6 cm³/mol. The molecule has 3 rings (SSSR count). The van der Waals surface area contributed by atoms with Crippen molar-refractivity contribution in [2.75, 3.05) is 5.32 Å². The van der Waals surface area contributed by atoms with Gasteiger partial charge in [-0.1, -0.05) is 0 Å². The number of ether oxygens (including phenoxy) is 2. The monoisotopic (exact) mass is 304 g/mol. The van der Waals surface area contributed by atoms with Crippen LogP contribution < -0.4 is 5.32 Å². The molecule has 21 heavy (non-hydrogen) atoms. The average Bonchev–Trinajstić information content (AvgIpc) is 2.83. The molecule has 0 unspecified atom stereocenters. The van der Waals surface area contributed by atoms with Crippen molar-refractivity contribution in [1.82, 2.24) is 4.37 Å². The molecule has 1 aliphatic heterocycles. The van der Waals surface area contributed by atoms with Crippen molar-refractivity contribution in [3.05, 3.63) is 35.4 Å². The van der Waals surface area contributed by atoms with E-state index in [0.717, 1.165) is 16.6 Å². The Morgan fingerprint density at radius 3 is 2.67 bits per heavy atom. The molecule has 1 aliphatic rings. The minimum Gasteiger partial charge on any atom is -0.419 e. The summed E-state index contributed by atoms with van der Waals surface area (Å²) in [4.78, 5) is 23.5. The number of carbonyl (C=O) groups is 2. The van der Waals surface area contributed by atoms with Crippen LogP contribution in [0, 0.1) is 0 Å². The zero-order chi connectivity index (χ0) is 15.0. The maximum absolute atomic E-state index is 11.8. The van der Waals surface area contributed by atoms with Crippen LogP contribution in [-0.2, 0) is 19.1 Å². The molecular formula is C14H12N2O4S. The molecule has 7 heteroatoms. The molecule has 0 aliphatic carbocycles. The van der Waals surface area contributed by atoms with Gasteiger partial charge in [0.2, 0.25) is 0 Å². The first-order chi connectivity index (χ1) is 9.94. The van der Waals surface area contributed by atoms with Crippen LogP contribution in [0.25, 0.3) is 10.9 Å². The van der Waals surface area contributed by atoms with Gasteiger partial charge in [-0.15, -0.1) is 0 Å². The van der Waals surface area contributed by atoms with Gasteiger partial charge < -0.3 is 14.8 Å². The lowest BCUT2D eigenvalue weighted by Gasteiger charge is -2.29. The van der Waals surface area contributed by atoms with Crippen molar-refractivity contribution in [3.8, 4) is 0 Å². The molecule has 2 heterocycles. The van der Waals surface area contributed by atoms with E-state index >= 15 is 0 Å². The summed E-state index contributed by atoms with van der Waals surface area (Å²) in [5.74, 6) is -2.64. The number of cyclic esters (lactones) is 2. The van der Waals surface area contributed by atoms with Crippen molar-refractivity contribution in [3.63, 3.8) is 0 Å². The molecule has 1 N–H and O–H groups in total. The van der Waals surface area contributed by atoms with Crippen molar-refractivity contribution in [1.29, 1.82) is 0 Å². The molecule has 108 valence electrons. The predicted octanol–water partition coefficient (Wildman–Crippen LogP) is 2.43. The highest BCUT2D eigenvalue weighted by Crippen LogP contribution is 2.24. The quantitative estimate of drug-likeness (QED) is 0.521. The molecule has 6 nitrogen and oxygen atoms in total. The second-order valence-corrected chi connectivity index (χ2v) is 5.60. The van der Waals surface area contributed by atoms with Crippen molar-refractivity contribution < 1.29 is 19.1 Å². The maximum atomic E-state index is 11.8. The van der Waals surface area contributed by atoms with E-state index in [1.54, 1.807) is 0 Å². The van der Waals surface area contributed by atoms with Crippen LogP contribution in [-0.4, -0.2) is 22.1 Å². The van der Waals surface area contributed by atoms with Gasteiger partial charge in [-0.05, 0) is 29.7 Å². The summed E-state index contributed by atoms with van der Waals surface area (Å²) in [5.41, 5.74) is 1.47. The summed E-state index contributed by atoms with van der Waals surface area (Å²) < 4.78 is 14.2. The minimum absolute atomic E-state index is 0.169. The van der Waals surface area contributed by atoms with E-state index in [2.05, 4.69) is 9.69 Å². The van der Waals surface area contributed by atoms with E-state index in [9.17, 15) is 9.59 Å². The van der Waals surface area contributed by atoms with Crippen molar-refractivity contribution in [2.24, 2.45) is 0 Å². The lowest BCUT2D eigenvalue weighted by atomic mass is 10.2. The molecule has 1 fully saturated rings. The van der Waals surface area contributed by atoms with Crippen LogP contribution in [0.1, 0.15) is 13.8 Å². The van der Waals surface area contributed by atoms with Gasteiger partial charge in [-0.3, -0.25) is 0 Å². The topological polar surface area (TPSA) is 77.5 Å². The largest absolute Gasteiger partial charge is 0.419 e. The number of nitrogens with one attached hydrogen (secondary N) is 1. The van der Waals surface area contributed by atoms with Crippen LogP contribution in [0.5, 0.6) is 0 Å². The van der Waals surface area contributed by atoms with Crippen molar-refractivity contribution >= 4 is 40.1 Å². The van der Waals surface area contributed by atoms with Crippen LogP contribution in [0.4, 0.5) is 5.69 Å². The SMILES string of the molecule is CC1(C)OC(=O)C(=CNc2ccc3nscc3c2)C(=O)O1. The van der Waals surface area contributed by atoms with E-state index in [-0.39, 0.29) is 5.57 Å². The molecule has 0 bridgehead atoms. The number of aromatic nitrogens is 1. The van der Waals surface area contributed by atoms with Crippen LogP contribution >= 0.6 is 11.5 Å². The first-order valence-electron chi connectivity index (χ1n) is 6.22. The maximum Gasteiger partial charge on any atom is 0.350 e. The third-order valence-corrected chi connectivity index (χ3v) is 3.52. The number of hydrogen-bond acceptors (Lipinski definition) is 7. The summed E-state index contributed by atoms with van der Waals surface area (Å²) >= 11 is 1.37. The third kappa shape index (κ3) is 2.73. The standard InChI is InChI=1S/C14H12N2O4S/c1-14(2)19-12(17)10(13(18)20-14)6-15-9-3-4-11-8(5-9)7-21-16-11/h3-7,15H,1-2H3. The van der Waals surface area contributed by atoms with Gasteiger partial charge in [0.05, 0.1) is 5.52 Å². The smallest absolute Gasteiger partial charge is 0.350 e. The van der Waals surface area contributed by atoms with Gasteiger partial charge in [0.1, 0.15) is 0 Å². The summed E-state index contributed by atoms with van der Waals surface area (Å²) in [6, 6.07) is 5.54. The Balaban J connectivity index is 1.81. The summed E-state index contributed by atoms with van der Waals surface area (Å²) in [7, 11) is 0. The van der Waals surface area contributed by atoms with Crippen LogP contribution in [0.2, 0.25) is 0 Å². The number of esters is 2. The number of benzene rings is 1. The van der Waals surface area contributed by atoms with Gasteiger partial charge in [0.25, 0.3) is 5.79 Å². The van der Waals surface area contributed by atoms with Crippen LogP contribution in [0.15, 0.2) is 35.4 Å². The molecule has 0 radical (unpaired) electrons. The number of nitrogens with zero attached hydrogens (tertiary/aromatic N) is 1. The fraction of sp³-hybridized carbons (Fsp3) is 0.214. The lowest BCUT2D eigenvalue weighted by molar-refractivity contribution is -0.222. The number of carbonyl (C=O) groups excluding carboxylic acids is 2. The normalized spacial score (nSPS) is 17.3. The zero-order valence-corrected chi connectivity index (χ0v) is 12.2. The number of rotatable bonds is 2. The molecule has 0 saturated carbocycles. The highest BCUT2D eigenvalue weighted by Gasteiger charge is 2.38. The van der Waals surface area contributed by atoms with E-state index in [1.165, 1.54) is 31.6 Å². The van der Waals surface area contributed by atoms with E-state index in [0.29, 0.717) is 0 Å². The van der Waals surface area contributed by atoms with Gasteiger partial charge in [-0.2, -0.15) is 4.37 Å². The van der Waals surface area contributed by atoms with Gasteiger partial charge >= 0.3 is 11.9 Å². The number of fused-ring (bicyclic) bond motifs is 1. The van der Waals surface area contributed by atoms with Gasteiger partial charge in [-0.25, -0.2) is 9.59 Å². The summed E-state index contributed by atoms with van der Waals surface area (Å²) in [5, 5.41) is 5.80. The molecule has 1 saturated heterocycles. The first-order valence-corrected chi connectivity index (χ1v) is 7.06. The second-order valence-electron chi connectivity index (χ2n) is 4.97. The summed E-state index contributed by atoms with van der Waals surface area (Å²) in [6.45, 7) is 3.01. The zero-order valence-electron chi connectivity index (χ0n) is 11.4. The molecule has 0 amide bonds. The van der Waals surface area contributed by atoms with E-state index < -0.39 is 17.7 Å². The lowest BCUT2D eigenvalue weighted by Crippen LogP contribution is -2.42. The second kappa shape index (κ2) is 4.85. The Kier molecular flexibility index (Phi) is 3.13. The third-order valence-electron chi connectivity index (χ3n) is 2.86. The van der Waals surface area contributed by atoms with Gasteiger partial charge in [0.15, 0.2) is 5.57 Å². The van der Waals surface area contributed by atoms with Gasteiger partial charge in [0, 0.05) is 36.5 Å². The molecule has 0 atom stereocenters. The van der Waals surface area contributed by atoms with Crippen molar-refractivity contribution in [2.45, 2.75) is 19.6 Å². The van der Waals surface area contributed by atoms with Crippen LogP contribution in [0.3, 0.4) is 0 Å². The molecular weight excluding hydrogens is 292 g/mol. The van der Waals surface area contributed by atoms with E-state index in [1.807, 2.05) is 23.6 Å². The fourth-order valence-corrected chi connectivity index (χ4v) is 2.53. The minimum atomic E-state index is -1.23. The Morgan fingerprint density at radius 2 is 1.95 bits per heavy atom.